The van der Waals surface area contributed by atoms with Crippen LogP contribution in [0, 0.1) is 5.92 Å². The van der Waals surface area contributed by atoms with Gasteiger partial charge in [0.05, 0.1) is 12.7 Å². The molecule has 0 aromatic carbocycles. The normalized spacial score (nSPS) is 31.0. The highest BCUT2D eigenvalue weighted by atomic mass is 35.5. The summed E-state index contributed by atoms with van der Waals surface area (Å²) in [5, 5.41) is 0.359. The Hall–Kier alpha value is 0.250. The summed E-state index contributed by atoms with van der Waals surface area (Å²) in [6.45, 7) is 5.00. The largest absolute Gasteiger partial charge is 0.378 e. The SMILES string of the molecule is CC(C)OC[C@@H]1CCCC[C@H]1Cl. The zero-order chi connectivity index (χ0) is 8.97. The van der Waals surface area contributed by atoms with Gasteiger partial charge in [0.25, 0.3) is 0 Å². The predicted molar refractivity (Wildman–Crippen MR) is 52.7 cm³/mol. The first-order chi connectivity index (χ1) is 5.70. The van der Waals surface area contributed by atoms with Crippen molar-refractivity contribution in [1.29, 1.82) is 0 Å². The second-order valence-electron chi connectivity index (χ2n) is 3.94. The number of hydrogen-bond acceptors (Lipinski definition) is 1. The van der Waals surface area contributed by atoms with E-state index in [-0.39, 0.29) is 0 Å². The minimum atomic E-state index is 0.343. The van der Waals surface area contributed by atoms with E-state index in [9.17, 15) is 0 Å². The van der Waals surface area contributed by atoms with Crippen molar-refractivity contribution in [3.63, 3.8) is 0 Å². The average molecular weight is 191 g/mol. The lowest BCUT2D eigenvalue weighted by Crippen LogP contribution is -2.25. The summed E-state index contributed by atoms with van der Waals surface area (Å²) in [6.07, 6.45) is 5.40. The molecule has 0 bridgehead atoms. The molecule has 1 aliphatic rings. The Bertz CT molecular complexity index is 125. The first kappa shape index (κ1) is 10.3. The van der Waals surface area contributed by atoms with Crippen molar-refractivity contribution in [3.8, 4) is 0 Å². The Morgan fingerprint density at radius 1 is 1.33 bits per heavy atom. The molecule has 72 valence electrons. The summed E-state index contributed by atoms with van der Waals surface area (Å²) in [5.74, 6) is 0.600. The van der Waals surface area contributed by atoms with Crippen molar-refractivity contribution < 1.29 is 4.74 Å². The Balaban J connectivity index is 2.20. The molecule has 0 aromatic heterocycles. The first-order valence-corrected chi connectivity index (χ1v) is 5.39. The number of rotatable bonds is 3. The van der Waals surface area contributed by atoms with Crippen LogP contribution in [-0.2, 0) is 4.74 Å². The van der Waals surface area contributed by atoms with Crippen molar-refractivity contribution in [2.24, 2.45) is 5.92 Å². The van der Waals surface area contributed by atoms with Gasteiger partial charge in [-0.05, 0) is 32.6 Å². The highest BCUT2D eigenvalue weighted by Crippen LogP contribution is 2.28. The van der Waals surface area contributed by atoms with Crippen molar-refractivity contribution in [3.05, 3.63) is 0 Å². The second kappa shape index (κ2) is 5.08. The summed E-state index contributed by atoms with van der Waals surface area (Å²) < 4.78 is 5.57. The number of hydrogen-bond donors (Lipinski definition) is 0. The van der Waals surface area contributed by atoms with E-state index in [0.717, 1.165) is 6.61 Å². The molecule has 0 unspecified atom stereocenters. The third kappa shape index (κ3) is 3.32. The molecule has 2 heteroatoms. The fourth-order valence-electron chi connectivity index (χ4n) is 1.67. The lowest BCUT2D eigenvalue weighted by molar-refractivity contribution is 0.0426. The number of ether oxygens (including phenoxy) is 1. The zero-order valence-corrected chi connectivity index (χ0v) is 8.81. The van der Waals surface area contributed by atoms with Crippen LogP contribution in [0.4, 0.5) is 0 Å². The Kier molecular flexibility index (Phi) is 4.38. The van der Waals surface area contributed by atoms with E-state index in [0.29, 0.717) is 17.4 Å². The molecular formula is C10H19ClO. The van der Waals surface area contributed by atoms with Gasteiger partial charge in [0.15, 0.2) is 0 Å². The molecule has 0 aromatic rings. The molecule has 2 atom stereocenters. The van der Waals surface area contributed by atoms with Crippen LogP contribution >= 0.6 is 11.6 Å². The van der Waals surface area contributed by atoms with Gasteiger partial charge < -0.3 is 4.74 Å². The molecular weight excluding hydrogens is 172 g/mol. The smallest absolute Gasteiger partial charge is 0.0519 e. The van der Waals surface area contributed by atoms with Crippen molar-refractivity contribution in [2.75, 3.05) is 6.61 Å². The summed E-state index contributed by atoms with van der Waals surface area (Å²) in [5.41, 5.74) is 0. The lowest BCUT2D eigenvalue weighted by Gasteiger charge is -2.27. The van der Waals surface area contributed by atoms with E-state index in [2.05, 4.69) is 13.8 Å². The molecule has 1 saturated carbocycles. The molecule has 1 aliphatic carbocycles. The highest BCUT2D eigenvalue weighted by Gasteiger charge is 2.23. The van der Waals surface area contributed by atoms with E-state index >= 15 is 0 Å². The van der Waals surface area contributed by atoms with Gasteiger partial charge in [-0.3, -0.25) is 0 Å². The molecule has 0 radical (unpaired) electrons. The van der Waals surface area contributed by atoms with Gasteiger partial charge in [0.2, 0.25) is 0 Å². The number of halogens is 1. The van der Waals surface area contributed by atoms with E-state index in [1.165, 1.54) is 25.7 Å². The van der Waals surface area contributed by atoms with Crippen LogP contribution in [0.3, 0.4) is 0 Å². The summed E-state index contributed by atoms with van der Waals surface area (Å²) >= 11 is 6.19. The molecule has 0 spiro atoms. The molecule has 0 saturated heterocycles. The highest BCUT2D eigenvalue weighted by molar-refractivity contribution is 6.20. The van der Waals surface area contributed by atoms with Crippen molar-refractivity contribution >= 4 is 11.6 Å². The fourth-order valence-corrected chi connectivity index (χ4v) is 2.02. The molecule has 1 fully saturated rings. The van der Waals surface area contributed by atoms with Gasteiger partial charge in [-0.15, -0.1) is 11.6 Å². The van der Waals surface area contributed by atoms with Crippen molar-refractivity contribution in [2.45, 2.75) is 51.0 Å². The Labute approximate surface area is 80.4 Å². The molecule has 1 rings (SSSR count). The average Bonchev–Trinajstić information content (AvgIpc) is 2.03. The predicted octanol–water partition coefficient (Wildman–Crippen LogP) is 3.21. The fraction of sp³-hybridized carbons (Fsp3) is 1.00. The van der Waals surface area contributed by atoms with E-state index in [4.69, 9.17) is 16.3 Å². The molecule has 0 amide bonds. The van der Waals surface area contributed by atoms with Gasteiger partial charge >= 0.3 is 0 Å². The van der Waals surface area contributed by atoms with Crippen LogP contribution in [0.1, 0.15) is 39.5 Å². The Morgan fingerprint density at radius 3 is 2.58 bits per heavy atom. The van der Waals surface area contributed by atoms with Crippen molar-refractivity contribution in [1.82, 2.24) is 0 Å². The maximum atomic E-state index is 6.19. The van der Waals surface area contributed by atoms with E-state index in [1.54, 1.807) is 0 Å². The number of alkyl halides is 1. The minimum absolute atomic E-state index is 0.343. The van der Waals surface area contributed by atoms with Gasteiger partial charge in [-0.25, -0.2) is 0 Å². The second-order valence-corrected chi connectivity index (χ2v) is 4.50. The third-order valence-electron chi connectivity index (χ3n) is 2.46. The van der Waals surface area contributed by atoms with E-state index < -0.39 is 0 Å². The zero-order valence-electron chi connectivity index (χ0n) is 8.05. The van der Waals surface area contributed by atoms with Crippen LogP contribution < -0.4 is 0 Å². The summed E-state index contributed by atoms with van der Waals surface area (Å²) in [7, 11) is 0. The summed E-state index contributed by atoms with van der Waals surface area (Å²) in [6, 6.07) is 0. The lowest BCUT2D eigenvalue weighted by atomic mass is 9.89. The molecule has 0 heterocycles. The van der Waals surface area contributed by atoms with Crippen LogP contribution in [0.15, 0.2) is 0 Å². The quantitative estimate of drug-likeness (QED) is 0.621. The Morgan fingerprint density at radius 2 is 2.00 bits per heavy atom. The van der Waals surface area contributed by atoms with Gasteiger partial charge in [-0.2, -0.15) is 0 Å². The maximum absolute atomic E-state index is 6.19. The molecule has 0 N–H and O–H groups in total. The van der Waals surface area contributed by atoms with Crippen LogP contribution in [0.25, 0.3) is 0 Å². The first-order valence-electron chi connectivity index (χ1n) is 4.96. The molecule has 12 heavy (non-hydrogen) atoms. The maximum Gasteiger partial charge on any atom is 0.0519 e. The van der Waals surface area contributed by atoms with Gasteiger partial charge in [0, 0.05) is 5.38 Å². The third-order valence-corrected chi connectivity index (χ3v) is 3.03. The monoisotopic (exact) mass is 190 g/mol. The standard InChI is InChI=1S/C10H19ClO/c1-8(2)12-7-9-5-3-4-6-10(9)11/h8-10H,3-7H2,1-2H3/t9-,10+/m0/s1. The van der Waals surface area contributed by atoms with Gasteiger partial charge in [0.1, 0.15) is 0 Å². The van der Waals surface area contributed by atoms with Crippen LogP contribution in [-0.4, -0.2) is 18.1 Å². The molecule has 1 nitrogen and oxygen atoms in total. The van der Waals surface area contributed by atoms with E-state index in [1.807, 2.05) is 0 Å². The van der Waals surface area contributed by atoms with Gasteiger partial charge in [-0.1, -0.05) is 12.8 Å². The minimum Gasteiger partial charge on any atom is -0.378 e. The molecule has 0 aliphatic heterocycles. The van der Waals surface area contributed by atoms with Crippen LogP contribution in [0.2, 0.25) is 0 Å². The summed E-state index contributed by atoms with van der Waals surface area (Å²) in [4.78, 5) is 0. The van der Waals surface area contributed by atoms with Crippen LogP contribution in [0.5, 0.6) is 0 Å². The topological polar surface area (TPSA) is 9.23 Å².